The first kappa shape index (κ1) is 18.0. The summed E-state index contributed by atoms with van der Waals surface area (Å²) < 4.78 is 1.06. The second-order valence-corrected chi connectivity index (χ2v) is 6.31. The van der Waals surface area contributed by atoms with Gasteiger partial charge in [0.05, 0.1) is 0 Å². The highest BCUT2D eigenvalue weighted by Crippen LogP contribution is 2.20. The normalized spacial score (nSPS) is 10.1. The fourth-order valence-corrected chi connectivity index (χ4v) is 2.42. The lowest BCUT2D eigenvalue weighted by molar-refractivity contribution is -0.116. The zero-order valence-electron chi connectivity index (χ0n) is 13.7. The monoisotopic (exact) mass is 389 g/mol. The number of halogens is 1. The number of hydrogen-bond donors (Lipinski definition) is 3. The van der Waals surface area contributed by atoms with Crippen molar-refractivity contribution in [2.45, 2.75) is 20.3 Å². The number of hydrogen-bond acceptors (Lipinski definition) is 3. The van der Waals surface area contributed by atoms with Crippen molar-refractivity contribution in [3.63, 3.8) is 0 Å². The molecule has 0 aliphatic rings. The largest absolute Gasteiger partial charge is 0.385 e. The summed E-state index contributed by atoms with van der Waals surface area (Å²) in [6.07, 6.45) is 0.347. The molecule has 2 aromatic carbocycles. The van der Waals surface area contributed by atoms with Gasteiger partial charge >= 0.3 is 0 Å². The molecule has 0 heterocycles. The highest BCUT2D eigenvalue weighted by atomic mass is 79.9. The molecule has 0 saturated heterocycles. The summed E-state index contributed by atoms with van der Waals surface area (Å²) in [6, 6.07) is 13.0. The Morgan fingerprint density at radius 3 is 2.38 bits per heavy atom. The van der Waals surface area contributed by atoms with E-state index < -0.39 is 0 Å². The molecule has 0 spiro atoms. The van der Waals surface area contributed by atoms with Gasteiger partial charge in [0.25, 0.3) is 0 Å². The number of rotatable bonds is 6. The zero-order chi connectivity index (χ0) is 17.5. The minimum absolute atomic E-state index is 0.0868. The molecule has 0 saturated carbocycles. The first-order valence-corrected chi connectivity index (χ1v) is 8.41. The molecule has 24 heavy (non-hydrogen) atoms. The molecule has 2 aromatic rings. The van der Waals surface area contributed by atoms with Gasteiger partial charge in [0.15, 0.2) is 0 Å². The van der Waals surface area contributed by atoms with E-state index in [2.05, 4.69) is 31.9 Å². The van der Waals surface area contributed by atoms with E-state index in [9.17, 15) is 9.59 Å². The second-order valence-electron chi connectivity index (χ2n) is 5.45. The van der Waals surface area contributed by atoms with E-state index in [1.807, 2.05) is 25.1 Å². The lowest BCUT2D eigenvalue weighted by atomic mass is 10.2. The van der Waals surface area contributed by atoms with Gasteiger partial charge in [-0.1, -0.05) is 22.0 Å². The Bertz CT molecular complexity index is 747. The maximum atomic E-state index is 12.0. The summed E-state index contributed by atoms with van der Waals surface area (Å²) in [4.78, 5) is 23.1. The van der Waals surface area contributed by atoms with Crippen LogP contribution in [0, 0.1) is 6.92 Å². The third-order valence-electron chi connectivity index (χ3n) is 3.31. The van der Waals surface area contributed by atoms with E-state index in [1.165, 1.54) is 6.92 Å². The number of amides is 2. The van der Waals surface area contributed by atoms with Gasteiger partial charge in [0.1, 0.15) is 0 Å². The molecule has 126 valence electrons. The van der Waals surface area contributed by atoms with Gasteiger partial charge < -0.3 is 16.0 Å². The Hall–Kier alpha value is -2.34. The zero-order valence-corrected chi connectivity index (χ0v) is 15.2. The van der Waals surface area contributed by atoms with Crippen LogP contribution in [0.2, 0.25) is 0 Å². The molecule has 3 N–H and O–H groups in total. The van der Waals surface area contributed by atoms with Gasteiger partial charge in [-0.05, 0) is 48.9 Å². The minimum atomic E-state index is -0.146. The predicted octanol–water partition coefficient (Wildman–Crippen LogP) is 4.16. The first-order chi connectivity index (χ1) is 11.4. The standard InChI is InChI=1S/C18H20BrN3O2/c1-12-10-14(6-7-17(12)19)20-9-8-18(24)22-16-5-3-4-15(11-16)21-13(2)23/h3-7,10-11,20H,8-9H2,1-2H3,(H,21,23)(H,22,24). The molecule has 6 heteroatoms. The van der Waals surface area contributed by atoms with Crippen LogP contribution in [0.5, 0.6) is 0 Å². The first-order valence-electron chi connectivity index (χ1n) is 7.61. The lowest BCUT2D eigenvalue weighted by Gasteiger charge is -2.10. The molecule has 5 nitrogen and oxygen atoms in total. The topological polar surface area (TPSA) is 70.2 Å². The summed E-state index contributed by atoms with van der Waals surface area (Å²) in [5, 5.41) is 8.74. The van der Waals surface area contributed by atoms with Crippen LogP contribution in [0.25, 0.3) is 0 Å². The van der Waals surface area contributed by atoms with Crippen molar-refractivity contribution in [1.82, 2.24) is 0 Å². The van der Waals surface area contributed by atoms with Crippen molar-refractivity contribution in [2.75, 3.05) is 22.5 Å². The molecule has 0 aromatic heterocycles. The number of aryl methyl sites for hydroxylation is 1. The fourth-order valence-electron chi connectivity index (χ4n) is 2.18. The van der Waals surface area contributed by atoms with Crippen molar-refractivity contribution in [1.29, 1.82) is 0 Å². The summed E-state index contributed by atoms with van der Waals surface area (Å²) >= 11 is 3.46. The molecule has 0 aliphatic heterocycles. The molecule has 0 aliphatic carbocycles. The molecule has 2 amide bonds. The van der Waals surface area contributed by atoms with Crippen molar-refractivity contribution >= 4 is 44.8 Å². The third kappa shape index (κ3) is 5.70. The van der Waals surface area contributed by atoms with E-state index in [-0.39, 0.29) is 11.8 Å². The minimum Gasteiger partial charge on any atom is -0.385 e. The van der Waals surface area contributed by atoms with E-state index in [4.69, 9.17) is 0 Å². The molecule has 0 atom stereocenters. The Kier molecular flexibility index (Phi) is 6.37. The van der Waals surface area contributed by atoms with Crippen LogP contribution >= 0.6 is 15.9 Å². The SMILES string of the molecule is CC(=O)Nc1cccc(NC(=O)CCNc2ccc(Br)c(C)c2)c1. The summed E-state index contributed by atoms with van der Waals surface area (Å²) in [5.41, 5.74) is 3.44. The van der Waals surface area contributed by atoms with Gasteiger partial charge in [0, 0.05) is 41.4 Å². The van der Waals surface area contributed by atoms with Gasteiger partial charge in [-0.25, -0.2) is 0 Å². The molecule has 2 rings (SSSR count). The third-order valence-corrected chi connectivity index (χ3v) is 4.20. The Balaban J connectivity index is 1.82. The van der Waals surface area contributed by atoms with Crippen LogP contribution < -0.4 is 16.0 Å². The quantitative estimate of drug-likeness (QED) is 0.694. The van der Waals surface area contributed by atoms with Crippen LogP contribution in [0.15, 0.2) is 46.9 Å². The average molecular weight is 390 g/mol. The lowest BCUT2D eigenvalue weighted by Crippen LogP contribution is -2.16. The van der Waals surface area contributed by atoms with Crippen molar-refractivity contribution in [2.24, 2.45) is 0 Å². The molecular weight excluding hydrogens is 370 g/mol. The number of carbonyl (C=O) groups is 2. The van der Waals surface area contributed by atoms with Crippen LogP contribution in [-0.4, -0.2) is 18.4 Å². The van der Waals surface area contributed by atoms with Crippen molar-refractivity contribution in [3.8, 4) is 0 Å². The van der Waals surface area contributed by atoms with Crippen LogP contribution in [-0.2, 0) is 9.59 Å². The Labute approximate surface area is 150 Å². The van der Waals surface area contributed by atoms with E-state index in [0.717, 1.165) is 15.7 Å². The maximum Gasteiger partial charge on any atom is 0.226 e. The Morgan fingerprint density at radius 1 is 1.00 bits per heavy atom. The van der Waals surface area contributed by atoms with E-state index >= 15 is 0 Å². The molecular formula is C18H20BrN3O2. The predicted molar refractivity (Wildman–Crippen MR) is 101 cm³/mol. The smallest absolute Gasteiger partial charge is 0.226 e. The summed E-state index contributed by atoms with van der Waals surface area (Å²) in [5.74, 6) is -0.233. The second kappa shape index (κ2) is 8.49. The van der Waals surface area contributed by atoms with Gasteiger partial charge in [-0.3, -0.25) is 9.59 Å². The molecule has 0 unspecified atom stereocenters. The van der Waals surface area contributed by atoms with Crippen molar-refractivity contribution in [3.05, 3.63) is 52.5 Å². The highest BCUT2D eigenvalue weighted by molar-refractivity contribution is 9.10. The number of anilines is 3. The number of carbonyl (C=O) groups excluding carboxylic acids is 2. The summed E-state index contributed by atoms with van der Waals surface area (Å²) in [7, 11) is 0. The van der Waals surface area contributed by atoms with Crippen LogP contribution in [0.1, 0.15) is 18.9 Å². The molecule has 0 radical (unpaired) electrons. The maximum absolute atomic E-state index is 12.0. The van der Waals surface area contributed by atoms with E-state index in [1.54, 1.807) is 24.3 Å². The number of benzene rings is 2. The average Bonchev–Trinajstić information content (AvgIpc) is 2.50. The number of nitrogens with one attached hydrogen (secondary N) is 3. The van der Waals surface area contributed by atoms with E-state index in [0.29, 0.717) is 24.3 Å². The fraction of sp³-hybridized carbons (Fsp3) is 0.222. The Morgan fingerprint density at radius 2 is 1.71 bits per heavy atom. The summed E-state index contributed by atoms with van der Waals surface area (Å²) in [6.45, 7) is 4.00. The van der Waals surface area contributed by atoms with Gasteiger partial charge in [-0.2, -0.15) is 0 Å². The highest BCUT2D eigenvalue weighted by Gasteiger charge is 2.04. The van der Waals surface area contributed by atoms with Crippen LogP contribution in [0.4, 0.5) is 17.1 Å². The van der Waals surface area contributed by atoms with Crippen molar-refractivity contribution < 1.29 is 9.59 Å². The molecule has 0 fully saturated rings. The molecule has 0 bridgehead atoms. The van der Waals surface area contributed by atoms with Gasteiger partial charge in [-0.15, -0.1) is 0 Å². The van der Waals surface area contributed by atoms with Crippen LogP contribution in [0.3, 0.4) is 0 Å². The van der Waals surface area contributed by atoms with Gasteiger partial charge in [0.2, 0.25) is 11.8 Å².